The van der Waals surface area contributed by atoms with E-state index in [1.807, 2.05) is 60.0 Å². The molecule has 4 nitrogen and oxygen atoms in total. The van der Waals surface area contributed by atoms with Gasteiger partial charge in [0.15, 0.2) is 6.17 Å². The van der Waals surface area contributed by atoms with Crippen molar-refractivity contribution in [2.24, 2.45) is 0 Å². The number of rotatable bonds is 6. The summed E-state index contributed by atoms with van der Waals surface area (Å²) in [7, 11) is 0. The molecule has 1 heterocycles. The van der Waals surface area contributed by atoms with Crippen LogP contribution < -0.4 is 10.6 Å². The van der Waals surface area contributed by atoms with Crippen molar-refractivity contribution in [1.82, 2.24) is 5.32 Å². The molecule has 0 aliphatic carbocycles. The first-order chi connectivity index (χ1) is 13.7. The molecule has 2 N–H and O–H groups in total. The van der Waals surface area contributed by atoms with Crippen LogP contribution in [0.25, 0.3) is 10.8 Å². The maximum Gasteiger partial charge on any atom is 0.263 e. The van der Waals surface area contributed by atoms with E-state index < -0.39 is 6.17 Å². The highest BCUT2D eigenvalue weighted by atomic mass is 32.1. The molecule has 138 valence electrons. The van der Waals surface area contributed by atoms with E-state index in [-0.39, 0.29) is 11.7 Å². The fourth-order valence-electron chi connectivity index (χ4n) is 2.99. The summed E-state index contributed by atoms with van der Waals surface area (Å²) in [6.45, 7) is 0. The highest BCUT2D eigenvalue weighted by Gasteiger charge is 2.23. The van der Waals surface area contributed by atoms with Crippen molar-refractivity contribution in [3.63, 3.8) is 0 Å². The molecule has 1 aromatic heterocycles. The molecule has 0 aliphatic heterocycles. The fraction of sp³-hybridized carbons (Fsp3) is 0.0435. The van der Waals surface area contributed by atoms with Gasteiger partial charge in [0.2, 0.25) is 5.78 Å². The Kier molecular flexibility index (Phi) is 5.17. The van der Waals surface area contributed by atoms with Crippen LogP contribution in [0.2, 0.25) is 0 Å². The van der Waals surface area contributed by atoms with E-state index >= 15 is 0 Å². The van der Waals surface area contributed by atoms with Crippen LogP contribution in [0.5, 0.6) is 0 Å². The van der Waals surface area contributed by atoms with Gasteiger partial charge in [-0.25, -0.2) is 0 Å². The average Bonchev–Trinajstić information content (AvgIpc) is 3.28. The third-order valence-electron chi connectivity index (χ3n) is 4.40. The largest absolute Gasteiger partial charge is 0.359 e. The molecule has 5 heteroatoms. The second kappa shape index (κ2) is 8.06. The molecular weight excluding hydrogens is 368 g/mol. The van der Waals surface area contributed by atoms with E-state index in [9.17, 15) is 9.59 Å². The number of hydrogen-bond donors (Lipinski definition) is 2. The smallest absolute Gasteiger partial charge is 0.263 e. The Hall–Kier alpha value is -3.44. The van der Waals surface area contributed by atoms with Crippen LogP contribution in [0, 0.1) is 0 Å². The minimum Gasteiger partial charge on any atom is -0.359 e. The first-order valence-corrected chi connectivity index (χ1v) is 9.78. The van der Waals surface area contributed by atoms with Gasteiger partial charge in [-0.15, -0.1) is 11.3 Å². The van der Waals surface area contributed by atoms with Gasteiger partial charge in [-0.05, 0) is 34.4 Å². The first-order valence-electron chi connectivity index (χ1n) is 8.90. The molecular formula is C23H18N2O2S. The zero-order valence-corrected chi connectivity index (χ0v) is 15.8. The van der Waals surface area contributed by atoms with Crippen LogP contribution in [0.4, 0.5) is 5.69 Å². The Morgan fingerprint density at radius 2 is 1.54 bits per heavy atom. The fourth-order valence-corrected chi connectivity index (χ4v) is 3.62. The minimum absolute atomic E-state index is 0.196. The van der Waals surface area contributed by atoms with Gasteiger partial charge in [-0.1, -0.05) is 66.7 Å². The second-order valence-corrected chi connectivity index (χ2v) is 7.27. The lowest BCUT2D eigenvalue weighted by Crippen LogP contribution is -2.46. The van der Waals surface area contributed by atoms with Gasteiger partial charge >= 0.3 is 0 Å². The number of carbonyl (C=O) groups is 2. The number of benzene rings is 3. The molecule has 0 radical (unpaired) electrons. The molecule has 0 saturated heterocycles. The van der Waals surface area contributed by atoms with Crippen LogP contribution in [0.15, 0.2) is 90.3 Å². The SMILES string of the molecule is O=C(N[C@H](Nc1ccc2ccccc2c1)C(=O)c1ccccc1)c1cccs1. The molecule has 0 unspecified atom stereocenters. The predicted octanol–water partition coefficient (Wildman–Crippen LogP) is 4.95. The number of carbonyl (C=O) groups excluding carboxylic acids is 2. The van der Waals surface area contributed by atoms with Gasteiger partial charge in [0.25, 0.3) is 5.91 Å². The van der Waals surface area contributed by atoms with E-state index in [1.165, 1.54) is 11.3 Å². The molecule has 0 bridgehead atoms. The van der Waals surface area contributed by atoms with E-state index in [0.29, 0.717) is 10.4 Å². The predicted molar refractivity (Wildman–Crippen MR) is 114 cm³/mol. The number of fused-ring (bicyclic) bond motifs is 1. The van der Waals surface area contributed by atoms with Crippen molar-refractivity contribution in [2.75, 3.05) is 5.32 Å². The number of nitrogens with one attached hydrogen (secondary N) is 2. The number of thiophene rings is 1. The topological polar surface area (TPSA) is 58.2 Å². The standard InChI is InChI=1S/C23H18N2O2S/c26-21(17-8-2-1-3-9-17)22(25-23(27)20-11-6-14-28-20)24-19-13-12-16-7-4-5-10-18(16)15-19/h1-15,22,24H,(H,25,27)/t22-/m0/s1. The molecule has 1 amide bonds. The third kappa shape index (κ3) is 3.94. The summed E-state index contributed by atoms with van der Waals surface area (Å²) in [4.78, 5) is 26.2. The highest BCUT2D eigenvalue weighted by Crippen LogP contribution is 2.20. The zero-order chi connectivity index (χ0) is 19.3. The maximum absolute atomic E-state index is 13.0. The molecule has 0 spiro atoms. The van der Waals surface area contributed by atoms with Gasteiger partial charge in [-0.3, -0.25) is 9.59 Å². The molecule has 0 aliphatic rings. The molecule has 4 rings (SSSR count). The molecule has 0 saturated carbocycles. The van der Waals surface area contributed by atoms with Crippen molar-refractivity contribution < 1.29 is 9.59 Å². The van der Waals surface area contributed by atoms with Crippen molar-refractivity contribution in [2.45, 2.75) is 6.17 Å². The summed E-state index contributed by atoms with van der Waals surface area (Å²) in [6.07, 6.45) is -0.877. The summed E-state index contributed by atoms with van der Waals surface area (Å²) in [5, 5.41) is 10.0. The third-order valence-corrected chi connectivity index (χ3v) is 5.27. The Labute approximate surface area is 166 Å². The van der Waals surface area contributed by atoms with Crippen molar-refractivity contribution in [1.29, 1.82) is 0 Å². The number of amides is 1. The normalized spacial score (nSPS) is 11.7. The quantitative estimate of drug-likeness (QED) is 0.364. The number of hydrogen-bond acceptors (Lipinski definition) is 4. The van der Waals surface area contributed by atoms with E-state index in [2.05, 4.69) is 10.6 Å². The van der Waals surface area contributed by atoms with Gasteiger partial charge in [0, 0.05) is 11.3 Å². The summed E-state index contributed by atoms with van der Waals surface area (Å²) in [5.74, 6) is -0.476. The summed E-state index contributed by atoms with van der Waals surface area (Å²) in [5.41, 5.74) is 1.30. The molecule has 28 heavy (non-hydrogen) atoms. The highest BCUT2D eigenvalue weighted by molar-refractivity contribution is 7.12. The first kappa shape index (κ1) is 17.9. The van der Waals surface area contributed by atoms with E-state index in [0.717, 1.165) is 16.5 Å². The van der Waals surface area contributed by atoms with Crippen molar-refractivity contribution >= 4 is 39.5 Å². The summed E-state index contributed by atoms with van der Waals surface area (Å²) in [6, 6.07) is 26.4. The van der Waals surface area contributed by atoms with Crippen LogP contribution in [-0.4, -0.2) is 17.9 Å². The van der Waals surface area contributed by atoms with E-state index in [1.54, 1.807) is 30.3 Å². The van der Waals surface area contributed by atoms with Gasteiger partial charge in [-0.2, -0.15) is 0 Å². The van der Waals surface area contributed by atoms with Crippen LogP contribution in [0.1, 0.15) is 20.0 Å². The minimum atomic E-state index is -0.877. The lowest BCUT2D eigenvalue weighted by Gasteiger charge is -2.20. The Morgan fingerprint density at radius 1 is 0.786 bits per heavy atom. The molecule has 0 fully saturated rings. The summed E-state index contributed by atoms with van der Waals surface area (Å²) >= 11 is 1.34. The number of ketones is 1. The Bertz CT molecular complexity index is 1110. The second-order valence-electron chi connectivity index (χ2n) is 6.32. The van der Waals surface area contributed by atoms with Crippen LogP contribution in [0.3, 0.4) is 0 Å². The Balaban J connectivity index is 1.63. The van der Waals surface area contributed by atoms with E-state index in [4.69, 9.17) is 0 Å². The van der Waals surface area contributed by atoms with Crippen LogP contribution >= 0.6 is 11.3 Å². The maximum atomic E-state index is 13.0. The van der Waals surface area contributed by atoms with Gasteiger partial charge < -0.3 is 10.6 Å². The van der Waals surface area contributed by atoms with Crippen molar-refractivity contribution in [3.05, 3.63) is 101 Å². The molecule has 3 aromatic carbocycles. The molecule has 4 aromatic rings. The lowest BCUT2D eigenvalue weighted by molar-refractivity contribution is 0.0872. The zero-order valence-electron chi connectivity index (χ0n) is 15.0. The van der Waals surface area contributed by atoms with Crippen LogP contribution in [-0.2, 0) is 0 Å². The molecule has 1 atom stereocenters. The van der Waals surface area contributed by atoms with Gasteiger partial charge in [0.05, 0.1) is 4.88 Å². The van der Waals surface area contributed by atoms with Gasteiger partial charge in [0.1, 0.15) is 0 Å². The monoisotopic (exact) mass is 386 g/mol. The summed E-state index contributed by atoms with van der Waals surface area (Å²) < 4.78 is 0. The van der Waals surface area contributed by atoms with Crippen molar-refractivity contribution in [3.8, 4) is 0 Å². The average molecular weight is 386 g/mol. The number of Topliss-reactive ketones (excluding diaryl/α,β-unsaturated/α-hetero) is 1. The number of anilines is 1. The lowest BCUT2D eigenvalue weighted by atomic mass is 10.1. The Morgan fingerprint density at radius 3 is 2.29 bits per heavy atom.